The van der Waals surface area contributed by atoms with E-state index in [-0.39, 0.29) is 31.1 Å². The number of cyclic esters (lactones) is 1. The number of ether oxygens (including phenoxy) is 3. The molecule has 3 heterocycles. The summed E-state index contributed by atoms with van der Waals surface area (Å²) in [7, 11) is 0. The number of hydrogen-bond acceptors (Lipinski definition) is 7. The zero-order chi connectivity index (χ0) is 18.8. The summed E-state index contributed by atoms with van der Waals surface area (Å²) in [5.41, 5.74) is 1.41. The fourth-order valence-corrected chi connectivity index (χ4v) is 3.92. The molecule has 0 bridgehead atoms. The summed E-state index contributed by atoms with van der Waals surface area (Å²) in [5, 5.41) is 0. The van der Waals surface area contributed by atoms with Gasteiger partial charge in [-0.15, -0.1) is 0 Å². The van der Waals surface area contributed by atoms with Gasteiger partial charge in [-0.3, -0.25) is 9.69 Å². The first-order chi connectivity index (χ1) is 12.4. The smallest absolute Gasteiger partial charge is 0.348 e. The van der Waals surface area contributed by atoms with Crippen molar-refractivity contribution in [3.05, 3.63) is 23.3 Å². The van der Waals surface area contributed by atoms with Gasteiger partial charge in [-0.25, -0.2) is 9.59 Å². The van der Waals surface area contributed by atoms with E-state index in [4.69, 9.17) is 14.2 Å². The van der Waals surface area contributed by atoms with Gasteiger partial charge in [0.15, 0.2) is 0 Å². The van der Waals surface area contributed by atoms with E-state index in [0.29, 0.717) is 5.57 Å². The lowest BCUT2D eigenvalue weighted by molar-refractivity contribution is -0.170. The van der Waals surface area contributed by atoms with Crippen LogP contribution >= 0.6 is 0 Å². The average Bonchev–Trinajstić information content (AvgIpc) is 3.17. The third kappa shape index (κ3) is 3.67. The van der Waals surface area contributed by atoms with Gasteiger partial charge < -0.3 is 14.2 Å². The van der Waals surface area contributed by atoms with Crippen molar-refractivity contribution in [3.8, 4) is 0 Å². The minimum Gasteiger partial charge on any atom is -0.458 e. The lowest BCUT2D eigenvalue weighted by Gasteiger charge is -2.28. The Morgan fingerprint density at radius 2 is 2.15 bits per heavy atom. The number of hydrogen-bond donors (Lipinski definition) is 0. The predicted molar refractivity (Wildman–Crippen MR) is 92.0 cm³/mol. The largest absolute Gasteiger partial charge is 0.458 e. The van der Waals surface area contributed by atoms with Crippen molar-refractivity contribution in [2.75, 3.05) is 19.7 Å². The van der Waals surface area contributed by atoms with Gasteiger partial charge in [-0.2, -0.15) is 0 Å². The molecule has 7 nitrogen and oxygen atoms in total. The summed E-state index contributed by atoms with van der Waals surface area (Å²) in [6.07, 6.45) is 3.47. The highest BCUT2D eigenvalue weighted by molar-refractivity contribution is 5.89. The van der Waals surface area contributed by atoms with Crippen molar-refractivity contribution in [1.29, 1.82) is 0 Å². The van der Waals surface area contributed by atoms with E-state index in [2.05, 4.69) is 4.90 Å². The van der Waals surface area contributed by atoms with Crippen LogP contribution in [0.15, 0.2) is 23.3 Å². The van der Waals surface area contributed by atoms with Crippen molar-refractivity contribution in [1.82, 2.24) is 4.90 Å². The van der Waals surface area contributed by atoms with Crippen LogP contribution in [0.4, 0.5) is 0 Å². The standard InChI is InChI=1S/C19H25NO6/c1-4-13-9-11(2)17(25-12(3)21)19(23)24-10-14-5-7-20-8-6-15(16(14)20)26-18(13)22/h4-5,11,15-17H,6-10H2,1-3H3/b13-4+/t11-,15-,16-,17+/m0/s1. The molecule has 0 saturated carbocycles. The van der Waals surface area contributed by atoms with Gasteiger partial charge in [0.05, 0.1) is 6.04 Å². The molecule has 2 saturated heterocycles. The fourth-order valence-electron chi connectivity index (χ4n) is 3.92. The van der Waals surface area contributed by atoms with Gasteiger partial charge in [-0.05, 0) is 25.3 Å². The molecule has 0 aromatic heterocycles. The lowest BCUT2D eigenvalue weighted by atomic mass is 9.94. The molecule has 3 aliphatic heterocycles. The van der Waals surface area contributed by atoms with Crippen molar-refractivity contribution >= 4 is 17.9 Å². The molecule has 26 heavy (non-hydrogen) atoms. The fraction of sp³-hybridized carbons (Fsp3) is 0.632. The minimum atomic E-state index is -1.05. The van der Waals surface area contributed by atoms with Gasteiger partial charge in [-0.1, -0.05) is 19.1 Å². The lowest BCUT2D eigenvalue weighted by Crippen LogP contribution is -2.39. The Morgan fingerprint density at radius 3 is 2.85 bits per heavy atom. The van der Waals surface area contributed by atoms with Crippen LogP contribution in [0.25, 0.3) is 0 Å². The second kappa shape index (κ2) is 7.61. The molecule has 2 fully saturated rings. The van der Waals surface area contributed by atoms with Crippen LogP contribution < -0.4 is 0 Å². The van der Waals surface area contributed by atoms with Gasteiger partial charge in [0.2, 0.25) is 6.10 Å². The zero-order valence-electron chi connectivity index (χ0n) is 15.4. The molecule has 0 aromatic carbocycles. The Balaban J connectivity index is 1.88. The summed E-state index contributed by atoms with van der Waals surface area (Å²) < 4.78 is 16.4. The molecule has 0 N–H and O–H groups in total. The first-order valence-electron chi connectivity index (χ1n) is 9.03. The highest BCUT2D eigenvalue weighted by Crippen LogP contribution is 2.33. The zero-order valence-corrected chi connectivity index (χ0v) is 15.4. The molecule has 3 rings (SSSR count). The molecule has 142 valence electrons. The topological polar surface area (TPSA) is 82.1 Å². The Bertz CT molecular complexity index is 667. The first kappa shape index (κ1) is 18.6. The third-order valence-electron chi connectivity index (χ3n) is 5.25. The summed E-state index contributed by atoms with van der Waals surface area (Å²) in [6.45, 7) is 6.49. The van der Waals surface area contributed by atoms with Crippen molar-refractivity contribution < 1.29 is 28.6 Å². The maximum Gasteiger partial charge on any atom is 0.348 e. The SMILES string of the molecule is C/C=C1\C[C@H](C)[C@@H](OC(C)=O)C(=O)OCC2=CCN3CC[C@H](OC1=O)[C@H]23. The van der Waals surface area contributed by atoms with Gasteiger partial charge >= 0.3 is 17.9 Å². The van der Waals surface area contributed by atoms with Gasteiger partial charge in [0.25, 0.3) is 0 Å². The normalized spacial score (nSPS) is 34.3. The quantitative estimate of drug-likeness (QED) is 0.301. The highest BCUT2D eigenvalue weighted by atomic mass is 16.6. The number of carbonyl (C=O) groups is 3. The molecule has 0 unspecified atom stereocenters. The van der Waals surface area contributed by atoms with Crippen molar-refractivity contribution in [2.24, 2.45) is 5.92 Å². The van der Waals surface area contributed by atoms with E-state index < -0.39 is 24.0 Å². The minimum absolute atomic E-state index is 0.0473. The van der Waals surface area contributed by atoms with Crippen LogP contribution in [0.2, 0.25) is 0 Å². The molecule has 3 aliphatic rings. The number of allylic oxidation sites excluding steroid dienone is 1. The Hall–Kier alpha value is -2.15. The van der Waals surface area contributed by atoms with Crippen molar-refractivity contribution in [3.63, 3.8) is 0 Å². The molecule has 0 aliphatic carbocycles. The maximum absolute atomic E-state index is 12.6. The molecule has 0 radical (unpaired) electrons. The molecular formula is C19H25NO6. The monoisotopic (exact) mass is 363 g/mol. The summed E-state index contributed by atoms with van der Waals surface area (Å²) in [5.74, 6) is -1.91. The summed E-state index contributed by atoms with van der Waals surface area (Å²) in [6, 6.07) is -0.0473. The van der Waals surface area contributed by atoms with Crippen LogP contribution in [0.3, 0.4) is 0 Å². The predicted octanol–water partition coefficient (Wildman–Crippen LogP) is 1.37. The second-order valence-corrected chi connectivity index (χ2v) is 7.08. The summed E-state index contributed by atoms with van der Waals surface area (Å²) in [4.78, 5) is 38.8. The van der Waals surface area contributed by atoms with Crippen LogP contribution in [0, 0.1) is 5.92 Å². The molecule has 0 spiro atoms. The van der Waals surface area contributed by atoms with E-state index in [9.17, 15) is 14.4 Å². The molecular weight excluding hydrogens is 338 g/mol. The summed E-state index contributed by atoms with van der Waals surface area (Å²) >= 11 is 0. The van der Waals surface area contributed by atoms with Gasteiger partial charge in [0, 0.05) is 31.5 Å². The van der Waals surface area contributed by atoms with Crippen molar-refractivity contribution in [2.45, 2.75) is 51.9 Å². The molecule has 0 amide bonds. The van der Waals surface area contributed by atoms with Crippen LogP contribution in [-0.2, 0) is 28.6 Å². The van der Waals surface area contributed by atoms with Crippen LogP contribution in [0.1, 0.15) is 33.6 Å². The number of rotatable bonds is 1. The highest BCUT2D eigenvalue weighted by Gasteiger charge is 2.43. The first-order valence-corrected chi connectivity index (χ1v) is 9.03. The van der Waals surface area contributed by atoms with Crippen LogP contribution in [-0.4, -0.2) is 60.8 Å². The number of carbonyl (C=O) groups excluding carboxylic acids is 3. The van der Waals surface area contributed by atoms with E-state index in [1.165, 1.54) is 6.92 Å². The Labute approximate surface area is 152 Å². The van der Waals surface area contributed by atoms with E-state index in [1.54, 1.807) is 19.9 Å². The Kier molecular flexibility index (Phi) is 5.46. The molecule has 7 heteroatoms. The van der Waals surface area contributed by atoms with Crippen LogP contribution in [0.5, 0.6) is 0 Å². The van der Waals surface area contributed by atoms with E-state index in [1.807, 2.05) is 6.08 Å². The molecule has 0 aromatic rings. The van der Waals surface area contributed by atoms with Gasteiger partial charge in [0.1, 0.15) is 12.7 Å². The van der Waals surface area contributed by atoms with E-state index in [0.717, 1.165) is 25.1 Å². The number of nitrogens with zero attached hydrogens (tertiary/aromatic N) is 1. The molecule has 4 atom stereocenters. The van der Waals surface area contributed by atoms with E-state index >= 15 is 0 Å². The third-order valence-corrected chi connectivity index (χ3v) is 5.25. The average molecular weight is 363 g/mol. The Morgan fingerprint density at radius 1 is 1.38 bits per heavy atom. The second-order valence-electron chi connectivity index (χ2n) is 7.08. The maximum atomic E-state index is 12.6. The number of esters is 3.